The summed E-state index contributed by atoms with van der Waals surface area (Å²) in [7, 11) is 0. The molecule has 0 amide bonds. The third kappa shape index (κ3) is 2.12. The number of benzene rings is 1. The van der Waals surface area contributed by atoms with E-state index in [1.165, 1.54) is 37.9 Å². The highest BCUT2D eigenvalue weighted by atomic mass is 15.1. The monoisotopic (exact) mass is 241 g/mol. The highest BCUT2D eigenvalue weighted by molar-refractivity contribution is 5.68. The normalized spacial score (nSPS) is 23.9. The van der Waals surface area contributed by atoms with Gasteiger partial charge in [-0.05, 0) is 54.0 Å². The lowest BCUT2D eigenvalue weighted by Gasteiger charge is -2.25. The van der Waals surface area contributed by atoms with Crippen molar-refractivity contribution in [2.24, 2.45) is 0 Å². The molecule has 0 aromatic heterocycles. The van der Waals surface area contributed by atoms with Crippen LogP contribution in [0.15, 0.2) is 24.3 Å². The second kappa shape index (κ2) is 4.89. The summed E-state index contributed by atoms with van der Waals surface area (Å²) in [5.74, 6) is 0.760. The largest absolute Gasteiger partial charge is 0.300 e. The van der Waals surface area contributed by atoms with E-state index in [1.54, 1.807) is 16.7 Å². The molecular formula is C17H23N. The molecule has 0 saturated carbocycles. The van der Waals surface area contributed by atoms with E-state index >= 15 is 0 Å². The topological polar surface area (TPSA) is 3.24 Å². The van der Waals surface area contributed by atoms with Gasteiger partial charge in [0.15, 0.2) is 0 Å². The Morgan fingerprint density at radius 2 is 2.17 bits per heavy atom. The molecule has 1 heterocycles. The first-order chi connectivity index (χ1) is 8.78. The average Bonchev–Trinajstić information content (AvgIpc) is 2.80. The molecule has 1 heteroatoms. The molecule has 1 nitrogen and oxygen atoms in total. The molecule has 1 aliphatic heterocycles. The molecule has 18 heavy (non-hydrogen) atoms. The first-order valence-corrected chi connectivity index (χ1v) is 7.32. The maximum Gasteiger partial charge on any atom is 0.0169 e. The molecule has 96 valence electrons. The Bertz CT molecular complexity index is 472. The standard InChI is InChI=1S/C17H23N/c1-3-18-10-8-14(9-11-18)16-7-6-15-5-4-13(2)17(15)12-16/h6-8,12-13H,3-5,9-11H2,1-2H3. The molecule has 1 aromatic carbocycles. The van der Waals surface area contributed by atoms with Crippen LogP contribution in [0.3, 0.4) is 0 Å². The molecule has 0 N–H and O–H groups in total. The van der Waals surface area contributed by atoms with Gasteiger partial charge in [-0.15, -0.1) is 0 Å². The molecule has 2 aliphatic rings. The second-order valence-corrected chi connectivity index (χ2v) is 5.73. The Morgan fingerprint density at radius 3 is 2.89 bits per heavy atom. The molecule has 1 atom stereocenters. The van der Waals surface area contributed by atoms with Crippen LogP contribution in [0, 0.1) is 0 Å². The van der Waals surface area contributed by atoms with E-state index in [-0.39, 0.29) is 0 Å². The maximum absolute atomic E-state index is 2.50. The predicted molar refractivity (Wildman–Crippen MR) is 77.9 cm³/mol. The van der Waals surface area contributed by atoms with Crippen LogP contribution in [-0.2, 0) is 6.42 Å². The van der Waals surface area contributed by atoms with Gasteiger partial charge in [-0.1, -0.05) is 38.1 Å². The highest BCUT2D eigenvalue weighted by Crippen LogP contribution is 2.35. The molecule has 1 unspecified atom stereocenters. The van der Waals surface area contributed by atoms with Gasteiger partial charge in [0, 0.05) is 13.1 Å². The van der Waals surface area contributed by atoms with Crippen LogP contribution in [-0.4, -0.2) is 24.5 Å². The fraction of sp³-hybridized carbons (Fsp3) is 0.529. The number of fused-ring (bicyclic) bond motifs is 1. The van der Waals surface area contributed by atoms with Gasteiger partial charge < -0.3 is 0 Å². The van der Waals surface area contributed by atoms with Crippen molar-refractivity contribution in [3.05, 3.63) is 41.0 Å². The van der Waals surface area contributed by atoms with Crippen molar-refractivity contribution in [3.63, 3.8) is 0 Å². The molecule has 0 fully saturated rings. The smallest absolute Gasteiger partial charge is 0.0169 e. The summed E-state index contributed by atoms with van der Waals surface area (Å²) < 4.78 is 0. The average molecular weight is 241 g/mol. The second-order valence-electron chi connectivity index (χ2n) is 5.73. The quantitative estimate of drug-likeness (QED) is 0.760. The number of rotatable bonds is 2. The number of likely N-dealkylation sites (N-methyl/N-ethyl adjacent to an activating group) is 1. The zero-order valence-corrected chi connectivity index (χ0v) is 11.6. The molecule has 0 bridgehead atoms. The SMILES string of the molecule is CCN1CC=C(c2ccc3c(c2)C(C)CC3)CC1. The van der Waals surface area contributed by atoms with Crippen molar-refractivity contribution in [3.8, 4) is 0 Å². The van der Waals surface area contributed by atoms with Gasteiger partial charge in [-0.2, -0.15) is 0 Å². The van der Waals surface area contributed by atoms with Gasteiger partial charge in [-0.25, -0.2) is 0 Å². The van der Waals surface area contributed by atoms with Crippen LogP contribution in [0.2, 0.25) is 0 Å². The summed E-state index contributed by atoms with van der Waals surface area (Å²) in [6.45, 7) is 8.12. The van der Waals surface area contributed by atoms with Crippen LogP contribution in [0.25, 0.3) is 5.57 Å². The lowest BCUT2D eigenvalue weighted by atomic mass is 9.94. The first-order valence-electron chi connectivity index (χ1n) is 7.32. The third-order valence-corrected chi connectivity index (χ3v) is 4.63. The minimum atomic E-state index is 0.760. The third-order valence-electron chi connectivity index (χ3n) is 4.63. The predicted octanol–water partition coefficient (Wildman–Crippen LogP) is 3.85. The lowest BCUT2D eigenvalue weighted by molar-refractivity contribution is 0.319. The summed E-state index contributed by atoms with van der Waals surface area (Å²) in [4.78, 5) is 2.50. The van der Waals surface area contributed by atoms with Gasteiger partial charge in [-0.3, -0.25) is 4.90 Å². The number of hydrogen-bond acceptors (Lipinski definition) is 1. The molecule has 0 saturated heterocycles. The van der Waals surface area contributed by atoms with E-state index in [1.807, 2.05) is 0 Å². The van der Waals surface area contributed by atoms with Crippen LogP contribution >= 0.6 is 0 Å². The fourth-order valence-corrected chi connectivity index (χ4v) is 3.27. The molecule has 0 radical (unpaired) electrons. The molecule has 3 rings (SSSR count). The van der Waals surface area contributed by atoms with E-state index in [4.69, 9.17) is 0 Å². The summed E-state index contributed by atoms with van der Waals surface area (Å²) in [5, 5.41) is 0. The van der Waals surface area contributed by atoms with Crippen LogP contribution in [0.4, 0.5) is 0 Å². The van der Waals surface area contributed by atoms with Gasteiger partial charge in [0.05, 0.1) is 0 Å². The van der Waals surface area contributed by atoms with E-state index in [2.05, 4.69) is 43.0 Å². The number of aryl methyl sites for hydroxylation is 1. The van der Waals surface area contributed by atoms with Gasteiger partial charge in [0.25, 0.3) is 0 Å². The summed E-state index contributed by atoms with van der Waals surface area (Å²) in [6.07, 6.45) is 6.25. The van der Waals surface area contributed by atoms with Crippen molar-refractivity contribution in [1.82, 2.24) is 4.90 Å². The Labute approximate surface area is 111 Å². The number of hydrogen-bond donors (Lipinski definition) is 0. The summed E-state index contributed by atoms with van der Waals surface area (Å²) >= 11 is 0. The Hall–Kier alpha value is -1.08. The van der Waals surface area contributed by atoms with Crippen LogP contribution in [0.5, 0.6) is 0 Å². The fourth-order valence-electron chi connectivity index (χ4n) is 3.27. The highest BCUT2D eigenvalue weighted by Gasteiger charge is 2.19. The lowest BCUT2D eigenvalue weighted by Crippen LogP contribution is -2.28. The first kappa shape index (κ1) is 12.0. The van der Waals surface area contributed by atoms with Crippen molar-refractivity contribution in [2.45, 2.75) is 39.0 Å². The maximum atomic E-state index is 2.50. The van der Waals surface area contributed by atoms with Crippen LogP contribution < -0.4 is 0 Å². The van der Waals surface area contributed by atoms with Crippen molar-refractivity contribution >= 4 is 5.57 Å². The Balaban J connectivity index is 1.86. The zero-order chi connectivity index (χ0) is 12.5. The minimum absolute atomic E-state index is 0.760. The molecule has 1 aliphatic carbocycles. The molecular weight excluding hydrogens is 218 g/mol. The van der Waals surface area contributed by atoms with E-state index in [0.717, 1.165) is 12.5 Å². The van der Waals surface area contributed by atoms with E-state index < -0.39 is 0 Å². The van der Waals surface area contributed by atoms with E-state index in [0.29, 0.717) is 0 Å². The van der Waals surface area contributed by atoms with Crippen LogP contribution in [0.1, 0.15) is 49.3 Å². The van der Waals surface area contributed by atoms with Crippen molar-refractivity contribution in [2.75, 3.05) is 19.6 Å². The van der Waals surface area contributed by atoms with Gasteiger partial charge >= 0.3 is 0 Å². The Morgan fingerprint density at radius 1 is 1.28 bits per heavy atom. The van der Waals surface area contributed by atoms with Crippen molar-refractivity contribution < 1.29 is 0 Å². The summed E-state index contributed by atoms with van der Waals surface area (Å²) in [6, 6.07) is 7.16. The molecule has 0 spiro atoms. The van der Waals surface area contributed by atoms with E-state index in [9.17, 15) is 0 Å². The van der Waals surface area contributed by atoms with Crippen molar-refractivity contribution in [1.29, 1.82) is 0 Å². The minimum Gasteiger partial charge on any atom is -0.300 e. The zero-order valence-electron chi connectivity index (χ0n) is 11.6. The Kier molecular flexibility index (Phi) is 3.25. The molecule has 1 aromatic rings. The summed E-state index contributed by atoms with van der Waals surface area (Å²) in [5.41, 5.74) is 6.21. The van der Waals surface area contributed by atoms with Gasteiger partial charge in [0.1, 0.15) is 0 Å². The number of nitrogens with zero attached hydrogens (tertiary/aromatic N) is 1. The van der Waals surface area contributed by atoms with Gasteiger partial charge in [0.2, 0.25) is 0 Å².